The van der Waals surface area contributed by atoms with Crippen molar-refractivity contribution in [3.8, 4) is 0 Å². The molecule has 0 amide bonds. The normalized spacial score (nSPS) is 25.8. The molecular formula is C12H16O4S. The van der Waals surface area contributed by atoms with E-state index in [4.69, 9.17) is 4.74 Å². The van der Waals surface area contributed by atoms with E-state index in [9.17, 15) is 13.5 Å². The van der Waals surface area contributed by atoms with Crippen LogP contribution in [0.2, 0.25) is 0 Å². The topological polar surface area (TPSA) is 63.6 Å². The minimum Gasteiger partial charge on any atom is -0.393 e. The molecule has 1 heterocycles. The Morgan fingerprint density at radius 2 is 1.94 bits per heavy atom. The molecule has 0 spiro atoms. The molecule has 2 unspecified atom stereocenters. The fourth-order valence-corrected chi connectivity index (χ4v) is 2.57. The first-order valence-corrected chi connectivity index (χ1v) is 7.45. The monoisotopic (exact) mass is 256 g/mol. The maximum absolute atomic E-state index is 11.3. The Bertz CT molecular complexity index is 478. The van der Waals surface area contributed by atoms with Gasteiger partial charge in [-0.3, -0.25) is 0 Å². The first-order valence-electron chi connectivity index (χ1n) is 5.56. The molecule has 2 rings (SSSR count). The quantitative estimate of drug-likeness (QED) is 0.866. The molecule has 1 fully saturated rings. The summed E-state index contributed by atoms with van der Waals surface area (Å²) >= 11 is 0. The van der Waals surface area contributed by atoms with E-state index in [1.807, 2.05) is 0 Å². The van der Waals surface area contributed by atoms with Crippen LogP contribution in [0.3, 0.4) is 0 Å². The summed E-state index contributed by atoms with van der Waals surface area (Å²) in [6.07, 6.45) is 1.95. The number of aliphatic hydroxyl groups excluding tert-OH is 1. The van der Waals surface area contributed by atoms with Crippen molar-refractivity contribution in [2.75, 3.05) is 12.9 Å². The van der Waals surface area contributed by atoms with E-state index >= 15 is 0 Å². The molecule has 1 aromatic carbocycles. The molecule has 0 aliphatic carbocycles. The van der Waals surface area contributed by atoms with Crippen molar-refractivity contribution >= 4 is 9.84 Å². The van der Waals surface area contributed by atoms with E-state index in [1.54, 1.807) is 24.3 Å². The van der Waals surface area contributed by atoms with Crippen LogP contribution in [0.15, 0.2) is 29.2 Å². The smallest absolute Gasteiger partial charge is 0.175 e. The van der Waals surface area contributed by atoms with Crippen LogP contribution < -0.4 is 0 Å². The van der Waals surface area contributed by atoms with E-state index < -0.39 is 9.84 Å². The lowest BCUT2D eigenvalue weighted by atomic mass is 10.00. The van der Waals surface area contributed by atoms with Gasteiger partial charge in [-0.1, -0.05) is 12.1 Å². The largest absolute Gasteiger partial charge is 0.393 e. The zero-order valence-corrected chi connectivity index (χ0v) is 10.5. The molecule has 17 heavy (non-hydrogen) atoms. The van der Waals surface area contributed by atoms with Gasteiger partial charge in [-0.05, 0) is 24.1 Å². The van der Waals surface area contributed by atoms with Gasteiger partial charge in [-0.15, -0.1) is 0 Å². The average molecular weight is 256 g/mol. The number of rotatable bonds is 2. The first kappa shape index (κ1) is 12.5. The van der Waals surface area contributed by atoms with Crippen LogP contribution in [0.25, 0.3) is 0 Å². The molecule has 1 aromatic rings. The Labute approximate surface area is 101 Å². The highest BCUT2D eigenvalue weighted by Gasteiger charge is 2.22. The Hall–Kier alpha value is -0.910. The summed E-state index contributed by atoms with van der Waals surface area (Å²) in [5.41, 5.74) is 0.913. The Morgan fingerprint density at radius 1 is 1.29 bits per heavy atom. The zero-order valence-electron chi connectivity index (χ0n) is 9.67. The van der Waals surface area contributed by atoms with E-state index in [0.29, 0.717) is 24.3 Å². The second-order valence-electron chi connectivity index (χ2n) is 4.38. The van der Waals surface area contributed by atoms with Crippen molar-refractivity contribution in [3.05, 3.63) is 29.8 Å². The van der Waals surface area contributed by atoms with Gasteiger partial charge in [0.15, 0.2) is 9.84 Å². The molecule has 5 heteroatoms. The SMILES string of the molecule is CS(=O)(=O)c1ccc(C2CC(O)CCO2)cc1. The minimum absolute atomic E-state index is 0.132. The van der Waals surface area contributed by atoms with Crippen molar-refractivity contribution in [1.29, 1.82) is 0 Å². The summed E-state index contributed by atoms with van der Waals surface area (Å²) in [6.45, 7) is 0.541. The van der Waals surface area contributed by atoms with Crippen molar-refractivity contribution < 1.29 is 18.3 Å². The molecule has 2 atom stereocenters. The minimum atomic E-state index is -3.15. The molecule has 4 nitrogen and oxygen atoms in total. The molecule has 0 bridgehead atoms. The summed E-state index contributed by atoms with van der Waals surface area (Å²) in [6, 6.07) is 6.65. The first-order chi connectivity index (χ1) is 7.97. The van der Waals surface area contributed by atoms with Crippen LogP contribution in [0.5, 0.6) is 0 Å². The highest BCUT2D eigenvalue weighted by Crippen LogP contribution is 2.28. The number of hydrogen-bond donors (Lipinski definition) is 1. The summed E-state index contributed by atoms with van der Waals surface area (Å²) in [7, 11) is -3.15. The number of ether oxygens (including phenoxy) is 1. The van der Waals surface area contributed by atoms with Crippen molar-refractivity contribution in [1.82, 2.24) is 0 Å². The van der Waals surface area contributed by atoms with Crippen LogP contribution in [-0.2, 0) is 14.6 Å². The van der Waals surface area contributed by atoms with E-state index in [0.717, 1.165) is 5.56 Å². The Kier molecular flexibility index (Phi) is 3.51. The molecule has 94 valence electrons. The number of sulfone groups is 1. The summed E-state index contributed by atoms with van der Waals surface area (Å²) in [5, 5.41) is 9.55. The molecule has 0 saturated carbocycles. The van der Waals surface area contributed by atoms with Crippen LogP contribution in [0.4, 0.5) is 0 Å². The zero-order chi connectivity index (χ0) is 12.5. The Balaban J connectivity index is 2.18. The second kappa shape index (κ2) is 4.76. The maximum Gasteiger partial charge on any atom is 0.175 e. The van der Waals surface area contributed by atoms with Gasteiger partial charge in [0, 0.05) is 19.3 Å². The third-order valence-electron chi connectivity index (χ3n) is 2.94. The van der Waals surface area contributed by atoms with Crippen LogP contribution in [0.1, 0.15) is 24.5 Å². The average Bonchev–Trinajstić information content (AvgIpc) is 2.28. The van der Waals surface area contributed by atoms with E-state index in [1.165, 1.54) is 6.26 Å². The lowest BCUT2D eigenvalue weighted by Crippen LogP contribution is -2.23. The predicted octanol–water partition coefficient (Wildman–Crippen LogP) is 1.30. The fraction of sp³-hybridized carbons (Fsp3) is 0.500. The summed E-state index contributed by atoms with van der Waals surface area (Å²) < 4.78 is 28.2. The molecular weight excluding hydrogens is 240 g/mol. The van der Waals surface area contributed by atoms with E-state index in [-0.39, 0.29) is 12.2 Å². The summed E-state index contributed by atoms with van der Waals surface area (Å²) in [5.74, 6) is 0. The van der Waals surface area contributed by atoms with Crippen molar-refractivity contribution in [3.63, 3.8) is 0 Å². The lowest BCUT2D eigenvalue weighted by Gasteiger charge is -2.26. The second-order valence-corrected chi connectivity index (χ2v) is 6.39. The van der Waals surface area contributed by atoms with Crippen molar-refractivity contribution in [2.45, 2.75) is 29.9 Å². The van der Waals surface area contributed by atoms with Crippen molar-refractivity contribution in [2.24, 2.45) is 0 Å². The fourth-order valence-electron chi connectivity index (χ4n) is 1.94. The standard InChI is InChI=1S/C12H16O4S/c1-17(14,15)11-4-2-9(3-5-11)12-8-10(13)6-7-16-12/h2-5,10,12-13H,6-8H2,1H3. The van der Waals surface area contributed by atoms with Crippen LogP contribution >= 0.6 is 0 Å². The predicted molar refractivity (Wildman–Crippen MR) is 63.5 cm³/mol. The Morgan fingerprint density at radius 3 is 2.47 bits per heavy atom. The molecule has 1 aliphatic heterocycles. The van der Waals surface area contributed by atoms with Gasteiger partial charge < -0.3 is 9.84 Å². The van der Waals surface area contributed by atoms with Gasteiger partial charge in [-0.25, -0.2) is 8.42 Å². The number of aliphatic hydroxyl groups is 1. The van der Waals surface area contributed by atoms with Gasteiger partial charge in [0.1, 0.15) is 0 Å². The van der Waals surface area contributed by atoms with Gasteiger partial charge in [0.25, 0.3) is 0 Å². The molecule has 0 radical (unpaired) electrons. The molecule has 1 aliphatic rings. The highest BCUT2D eigenvalue weighted by atomic mass is 32.2. The third-order valence-corrected chi connectivity index (χ3v) is 4.06. The maximum atomic E-state index is 11.3. The van der Waals surface area contributed by atoms with Gasteiger partial charge >= 0.3 is 0 Å². The third kappa shape index (κ3) is 3.06. The van der Waals surface area contributed by atoms with Gasteiger partial charge in [0.2, 0.25) is 0 Å². The van der Waals surface area contributed by atoms with Crippen LogP contribution in [-0.4, -0.2) is 32.5 Å². The molecule has 1 saturated heterocycles. The number of hydrogen-bond acceptors (Lipinski definition) is 4. The number of benzene rings is 1. The lowest BCUT2D eigenvalue weighted by molar-refractivity contribution is -0.0448. The van der Waals surface area contributed by atoms with E-state index in [2.05, 4.69) is 0 Å². The molecule has 1 N–H and O–H groups in total. The van der Waals surface area contributed by atoms with Gasteiger partial charge in [0.05, 0.1) is 17.1 Å². The highest BCUT2D eigenvalue weighted by molar-refractivity contribution is 7.90. The molecule has 0 aromatic heterocycles. The van der Waals surface area contributed by atoms with Crippen LogP contribution in [0, 0.1) is 0 Å². The summed E-state index contributed by atoms with van der Waals surface area (Å²) in [4.78, 5) is 0.303. The van der Waals surface area contributed by atoms with Gasteiger partial charge in [-0.2, -0.15) is 0 Å².